The molecule has 0 radical (unpaired) electrons. The van der Waals surface area contributed by atoms with Gasteiger partial charge in [0.2, 0.25) is 15.9 Å². The summed E-state index contributed by atoms with van der Waals surface area (Å²) in [6.07, 6.45) is 1.36. The molecule has 1 aliphatic rings. The van der Waals surface area contributed by atoms with E-state index in [4.69, 9.17) is 9.52 Å². The average Bonchev–Trinajstić information content (AvgIpc) is 2.95. The number of carbonyl (C=O) groups is 1. The molecule has 2 heterocycles. The topological polar surface area (TPSA) is 134 Å². The van der Waals surface area contributed by atoms with Crippen LogP contribution in [0.25, 0.3) is 0 Å². The Bertz CT molecular complexity index is 549. The SMILES string of the molecule is O=C(O)CCS(=O)(=O)Nc1nnc(C2CCCN2)o1. The molecule has 19 heavy (non-hydrogen) atoms. The predicted molar refractivity (Wildman–Crippen MR) is 63.9 cm³/mol. The number of hydrogen-bond acceptors (Lipinski definition) is 7. The molecule has 1 atom stereocenters. The Kier molecular flexibility index (Phi) is 4.00. The fraction of sp³-hybridized carbons (Fsp3) is 0.667. The third-order valence-corrected chi connectivity index (χ3v) is 3.85. The van der Waals surface area contributed by atoms with Crippen molar-refractivity contribution in [2.45, 2.75) is 25.3 Å². The number of carboxylic acid groups (broad SMARTS) is 1. The van der Waals surface area contributed by atoms with Crippen LogP contribution in [0.3, 0.4) is 0 Å². The van der Waals surface area contributed by atoms with Gasteiger partial charge in [-0.25, -0.2) is 13.1 Å². The number of nitrogens with one attached hydrogen (secondary N) is 2. The fourth-order valence-electron chi connectivity index (χ4n) is 1.72. The van der Waals surface area contributed by atoms with Gasteiger partial charge in [-0.3, -0.25) is 4.79 Å². The number of rotatable bonds is 6. The number of anilines is 1. The summed E-state index contributed by atoms with van der Waals surface area (Å²) in [7, 11) is -3.79. The molecule has 1 fully saturated rings. The minimum absolute atomic E-state index is 0.0511. The van der Waals surface area contributed by atoms with Crippen molar-refractivity contribution >= 4 is 22.0 Å². The second kappa shape index (κ2) is 5.53. The van der Waals surface area contributed by atoms with Crippen LogP contribution in [0.4, 0.5) is 6.01 Å². The van der Waals surface area contributed by atoms with Gasteiger partial charge < -0.3 is 14.8 Å². The van der Waals surface area contributed by atoms with E-state index in [1.165, 1.54) is 0 Å². The highest BCUT2D eigenvalue weighted by molar-refractivity contribution is 7.92. The zero-order valence-electron chi connectivity index (χ0n) is 10.00. The highest BCUT2D eigenvalue weighted by Crippen LogP contribution is 2.23. The molecule has 0 saturated carbocycles. The molecule has 1 saturated heterocycles. The van der Waals surface area contributed by atoms with Crippen LogP contribution in [-0.4, -0.2) is 42.0 Å². The Hall–Kier alpha value is -1.68. The molecule has 1 aliphatic heterocycles. The van der Waals surface area contributed by atoms with Crippen molar-refractivity contribution < 1.29 is 22.7 Å². The number of hydrogen-bond donors (Lipinski definition) is 3. The zero-order chi connectivity index (χ0) is 13.9. The van der Waals surface area contributed by atoms with Crippen LogP contribution in [-0.2, 0) is 14.8 Å². The third-order valence-electron chi connectivity index (χ3n) is 2.63. The van der Waals surface area contributed by atoms with E-state index in [1.54, 1.807) is 0 Å². The van der Waals surface area contributed by atoms with E-state index in [0.717, 1.165) is 19.4 Å². The molecule has 2 rings (SSSR count). The Morgan fingerprint density at radius 2 is 2.32 bits per heavy atom. The number of aliphatic carboxylic acids is 1. The lowest BCUT2D eigenvalue weighted by Gasteiger charge is -2.03. The first-order valence-corrected chi connectivity index (χ1v) is 7.40. The monoisotopic (exact) mass is 290 g/mol. The van der Waals surface area contributed by atoms with Crippen molar-refractivity contribution in [1.29, 1.82) is 0 Å². The summed E-state index contributed by atoms with van der Waals surface area (Å²) in [6.45, 7) is 0.854. The Morgan fingerprint density at radius 1 is 1.53 bits per heavy atom. The van der Waals surface area contributed by atoms with Gasteiger partial charge in [-0.15, -0.1) is 5.10 Å². The molecule has 1 aromatic heterocycles. The molecule has 1 unspecified atom stereocenters. The maximum absolute atomic E-state index is 11.5. The first-order chi connectivity index (χ1) is 8.96. The number of nitrogens with zero attached hydrogens (tertiary/aromatic N) is 2. The number of aromatic nitrogens is 2. The van der Waals surface area contributed by atoms with Crippen LogP contribution in [0.5, 0.6) is 0 Å². The van der Waals surface area contributed by atoms with Gasteiger partial charge >= 0.3 is 12.0 Å². The summed E-state index contributed by atoms with van der Waals surface area (Å²) < 4.78 is 30.3. The summed E-state index contributed by atoms with van der Waals surface area (Å²) in [6, 6.07) is -0.293. The van der Waals surface area contributed by atoms with Crippen molar-refractivity contribution in [2.75, 3.05) is 17.0 Å². The summed E-state index contributed by atoms with van der Waals surface area (Å²) >= 11 is 0. The number of sulfonamides is 1. The summed E-state index contributed by atoms with van der Waals surface area (Å²) in [5, 5.41) is 18.9. The molecule has 9 nitrogen and oxygen atoms in total. The summed E-state index contributed by atoms with van der Waals surface area (Å²) in [4.78, 5) is 10.3. The summed E-state index contributed by atoms with van der Waals surface area (Å²) in [5.74, 6) is -1.40. The van der Waals surface area contributed by atoms with Crippen molar-refractivity contribution in [1.82, 2.24) is 15.5 Å². The molecule has 0 aromatic carbocycles. The van der Waals surface area contributed by atoms with Gasteiger partial charge in [-0.2, -0.15) is 0 Å². The molecular formula is C9H14N4O5S. The Labute approximate surface area is 109 Å². The van der Waals surface area contributed by atoms with Crippen LogP contribution in [0, 0.1) is 0 Å². The molecule has 0 aliphatic carbocycles. The fourth-order valence-corrected chi connectivity index (χ4v) is 2.61. The quantitative estimate of drug-likeness (QED) is 0.650. The van der Waals surface area contributed by atoms with Crippen LogP contribution in [0.2, 0.25) is 0 Å². The van der Waals surface area contributed by atoms with Gasteiger partial charge in [0, 0.05) is 0 Å². The van der Waals surface area contributed by atoms with E-state index in [2.05, 4.69) is 20.2 Å². The van der Waals surface area contributed by atoms with Gasteiger partial charge in [0.25, 0.3) is 0 Å². The normalized spacial score (nSPS) is 19.5. The standard InChI is InChI=1S/C9H14N4O5S/c14-7(15)3-5-19(16,17)13-9-12-11-8(18-9)6-2-1-4-10-6/h6,10H,1-5H2,(H,12,13)(H,14,15). The van der Waals surface area contributed by atoms with Crippen LogP contribution in [0.1, 0.15) is 31.2 Å². The molecule has 106 valence electrons. The van der Waals surface area contributed by atoms with E-state index < -0.39 is 28.2 Å². The predicted octanol–water partition coefficient (Wildman–Crippen LogP) is -0.290. The lowest BCUT2D eigenvalue weighted by molar-refractivity contribution is -0.136. The van der Waals surface area contributed by atoms with E-state index in [0.29, 0.717) is 5.89 Å². The largest absolute Gasteiger partial charge is 0.481 e. The van der Waals surface area contributed by atoms with Crippen molar-refractivity contribution in [2.24, 2.45) is 0 Å². The lowest BCUT2D eigenvalue weighted by Crippen LogP contribution is -2.19. The highest BCUT2D eigenvalue weighted by atomic mass is 32.2. The Balaban J connectivity index is 1.97. The lowest BCUT2D eigenvalue weighted by atomic mass is 10.2. The maximum Gasteiger partial charge on any atom is 0.329 e. The second-order valence-electron chi connectivity index (χ2n) is 4.16. The zero-order valence-corrected chi connectivity index (χ0v) is 10.8. The smallest absolute Gasteiger partial charge is 0.329 e. The van der Waals surface area contributed by atoms with Gasteiger partial charge in [0.1, 0.15) is 0 Å². The van der Waals surface area contributed by atoms with Crippen LogP contribution >= 0.6 is 0 Å². The van der Waals surface area contributed by atoms with Crippen LogP contribution in [0.15, 0.2) is 4.42 Å². The van der Waals surface area contributed by atoms with Gasteiger partial charge in [-0.1, -0.05) is 5.10 Å². The average molecular weight is 290 g/mol. The van der Waals surface area contributed by atoms with Crippen molar-refractivity contribution in [3.63, 3.8) is 0 Å². The van der Waals surface area contributed by atoms with Crippen molar-refractivity contribution in [3.8, 4) is 0 Å². The van der Waals surface area contributed by atoms with E-state index >= 15 is 0 Å². The molecule has 0 spiro atoms. The van der Waals surface area contributed by atoms with E-state index in [9.17, 15) is 13.2 Å². The first kappa shape index (κ1) is 13.7. The second-order valence-corrected chi connectivity index (χ2v) is 6.00. The van der Waals surface area contributed by atoms with E-state index in [-0.39, 0.29) is 12.1 Å². The van der Waals surface area contributed by atoms with Crippen LogP contribution < -0.4 is 10.0 Å². The molecule has 10 heteroatoms. The number of carboxylic acids is 1. The minimum atomic E-state index is -3.79. The molecular weight excluding hydrogens is 276 g/mol. The first-order valence-electron chi connectivity index (χ1n) is 5.75. The van der Waals surface area contributed by atoms with E-state index in [1.807, 2.05) is 0 Å². The van der Waals surface area contributed by atoms with Gasteiger partial charge in [0.05, 0.1) is 18.2 Å². The van der Waals surface area contributed by atoms with Gasteiger partial charge in [0.15, 0.2) is 0 Å². The highest BCUT2D eigenvalue weighted by Gasteiger charge is 2.23. The Morgan fingerprint density at radius 3 is 2.95 bits per heavy atom. The third kappa shape index (κ3) is 3.89. The molecule has 0 amide bonds. The summed E-state index contributed by atoms with van der Waals surface area (Å²) in [5.41, 5.74) is 0. The van der Waals surface area contributed by atoms with Crippen molar-refractivity contribution in [3.05, 3.63) is 5.89 Å². The molecule has 3 N–H and O–H groups in total. The van der Waals surface area contributed by atoms with Gasteiger partial charge in [-0.05, 0) is 19.4 Å². The maximum atomic E-state index is 11.5. The molecule has 0 bridgehead atoms. The molecule has 1 aromatic rings. The minimum Gasteiger partial charge on any atom is -0.481 e.